The van der Waals surface area contributed by atoms with Crippen molar-refractivity contribution in [2.45, 2.75) is 19.4 Å². The first kappa shape index (κ1) is 11.7. The number of aryl methyl sites for hydroxylation is 1. The summed E-state index contributed by atoms with van der Waals surface area (Å²) < 4.78 is 0. The predicted octanol–water partition coefficient (Wildman–Crippen LogP) is 2.29. The van der Waals surface area contributed by atoms with Crippen LogP contribution in [-0.4, -0.2) is 17.0 Å². The highest BCUT2D eigenvalue weighted by Crippen LogP contribution is 2.19. The van der Waals surface area contributed by atoms with Gasteiger partial charge in [0.1, 0.15) is 0 Å². The Balaban J connectivity index is 2.21. The van der Waals surface area contributed by atoms with E-state index in [-0.39, 0.29) is 6.04 Å². The van der Waals surface area contributed by atoms with E-state index in [0.29, 0.717) is 0 Å². The molecule has 0 saturated heterocycles. The zero-order valence-electron chi connectivity index (χ0n) is 10.2. The number of nitrogens with one attached hydrogen (secondary N) is 1. The van der Waals surface area contributed by atoms with Crippen molar-refractivity contribution in [3.63, 3.8) is 0 Å². The third-order valence-electron chi connectivity index (χ3n) is 2.94. The van der Waals surface area contributed by atoms with Crippen LogP contribution in [0.1, 0.15) is 22.9 Å². The summed E-state index contributed by atoms with van der Waals surface area (Å²) >= 11 is 0. The summed E-state index contributed by atoms with van der Waals surface area (Å²) in [6, 6.07) is 8.31. The van der Waals surface area contributed by atoms with E-state index in [0.717, 1.165) is 12.1 Å². The molecule has 3 nitrogen and oxygen atoms in total. The second-order valence-electron chi connectivity index (χ2n) is 4.10. The van der Waals surface area contributed by atoms with Crippen LogP contribution in [-0.2, 0) is 6.42 Å². The fourth-order valence-electron chi connectivity index (χ4n) is 1.94. The lowest BCUT2D eigenvalue weighted by molar-refractivity contribution is 0.579. The lowest BCUT2D eigenvalue weighted by Crippen LogP contribution is -2.20. The minimum atomic E-state index is 0.263. The number of nitrogens with zero attached hydrogens (tertiary/aromatic N) is 2. The molecule has 0 aliphatic carbocycles. The molecule has 2 aromatic heterocycles. The Morgan fingerprint density at radius 2 is 2.12 bits per heavy atom. The Hall–Kier alpha value is -1.74. The Morgan fingerprint density at radius 3 is 2.76 bits per heavy atom. The fourth-order valence-corrected chi connectivity index (χ4v) is 1.94. The van der Waals surface area contributed by atoms with Crippen LogP contribution in [0.5, 0.6) is 0 Å². The van der Waals surface area contributed by atoms with E-state index in [1.54, 1.807) is 0 Å². The van der Waals surface area contributed by atoms with Gasteiger partial charge in [-0.15, -0.1) is 0 Å². The van der Waals surface area contributed by atoms with Gasteiger partial charge in [-0.05, 0) is 43.3 Å². The molecule has 17 heavy (non-hydrogen) atoms. The predicted molar refractivity (Wildman–Crippen MR) is 68.7 cm³/mol. The van der Waals surface area contributed by atoms with Crippen LogP contribution < -0.4 is 5.32 Å². The van der Waals surface area contributed by atoms with Crippen molar-refractivity contribution >= 4 is 0 Å². The fraction of sp³-hybridized carbons (Fsp3) is 0.286. The van der Waals surface area contributed by atoms with Gasteiger partial charge in [0.2, 0.25) is 0 Å². The van der Waals surface area contributed by atoms with Crippen LogP contribution in [0.3, 0.4) is 0 Å². The van der Waals surface area contributed by atoms with Crippen molar-refractivity contribution in [2.24, 2.45) is 0 Å². The van der Waals surface area contributed by atoms with E-state index >= 15 is 0 Å². The van der Waals surface area contributed by atoms with Crippen LogP contribution >= 0.6 is 0 Å². The van der Waals surface area contributed by atoms with Crippen molar-refractivity contribution < 1.29 is 0 Å². The minimum absolute atomic E-state index is 0.263. The zero-order valence-corrected chi connectivity index (χ0v) is 10.2. The van der Waals surface area contributed by atoms with Crippen LogP contribution in [0, 0.1) is 6.92 Å². The van der Waals surface area contributed by atoms with Crippen LogP contribution in [0.15, 0.2) is 42.9 Å². The first-order valence-corrected chi connectivity index (χ1v) is 5.79. The Labute approximate surface area is 102 Å². The van der Waals surface area contributed by atoms with E-state index in [4.69, 9.17) is 0 Å². The van der Waals surface area contributed by atoms with Gasteiger partial charge >= 0.3 is 0 Å². The summed E-state index contributed by atoms with van der Waals surface area (Å²) in [5, 5.41) is 3.33. The molecule has 88 valence electrons. The van der Waals surface area contributed by atoms with Gasteiger partial charge in [0.25, 0.3) is 0 Å². The van der Waals surface area contributed by atoms with E-state index < -0.39 is 0 Å². The molecule has 3 heteroatoms. The van der Waals surface area contributed by atoms with Crippen LogP contribution in [0.25, 0.3) is 0 Å². The van der Waals surface area contributed by atoms with Crippen molar-refractivity contribution in [1.82, 2.24) is 15.3 Å². The molecule has 0 bridgehead atoms. The quantitative estimate of drug-likeness (QED) is 0.870. The number of pyridine rings is 2. The van der Waals surface area contributed by atoms with E-state index in [2.05, 4.69) is 28.3 Å². The Bertz CT molecular complexity index is 468. The van der Waals surface area contributed by atoms with Gasteiger partial charge in [-0.25, -0.2) is 0 Å². The second-order valence-corrected chi connectivity index (χ2v) is 4.10. The molecule has 1 atom stereocenters. The van der Waals surface area contributed by atoms with E-state index in [1.807, 2.05) is 43.8 Å². The summed E-state index contributed by atoms with van der Waals surface area (Å²) in [5.74, 6) is 0. The van der Waals surface area contributed by atoms with Crippen molar-refractivity contribution in [1.29, 1.82) is 0 Å². The number of likely N-dealkylation sites (N-methyl/N-ethyl adjacent to an activating group) is 1. The van der Waals surface area contributed by atoms with Gasteiger partial charge in [-0.1, -0.05) is 6.07 Å². The summed E-state index contributed by atoms with van der Waals surface area (Å²) in [6.45, 7) is 2.11. The van der Waals surface area contributed by atoms with Crippen molar-refractivity contribution in [3.8, 4) is 0 Å². The molecule has 2 aromatic rings. The summed E-state index contributed by atoms with van der Waals surface area (Å²) in [5.41, 5.74) is 3.59. The first-order chi connectivity index (χ1) is 8.31. The van der Waals surface area contributed by atoms with Crippen LogP contribution in [0.4, 0.5) is 0 Å². The molecule has 1 N–H and O–H groups in total. The maximum atomic E-state index is 4.36. The monoisotopic (exact) mass is 227 g/mol. The summed E-state index contributed by atoms with van der Waals surface area (Å²) in [6.07, 6.45) is 6.47. The number of hydrogen-bond acceptors (Lipinski definition) is 3. The van der Waals surface area contributed by atoms with Gasteiger partial charge in [0.05, 0.1) is 0 Å². The molecule has 0 aliphatic rings. The largest absolute Gasteiger partial charge is 0.313 e. The topological polar surface area (TPSA) is 37.8 Å². The SMILES string of the molecule is CNC(Cc1ccccn1)c1cnccc1C. The molecule has 0 amide bonds. The van der Waals surface area contributed by atoms with Gasteiger partial charge in [0.15, 0.2) is 0 Å². The Kier molecular flexibility index (Phi) is 3.83. The smallest absolute Gasteiger partial charge is 0.0422 e. The molecular formula is C14H17N3. The number of aromatic nitrogens is 2. The summed E-state index contributed by atoms with van der Waals surface area (Å²) in [7, 11) is 1.97. The third-order valence-corrected chi connectivity index (χ3v) is 2.94. The van der Waals surface area contributed by atoms with E-state index in [9.17, 15) is 0 Å². The maximum absolute atomic E-state index is 4.36. The molecule has 0 aliphatic heterocycles. The molecule has 0 radical (unpaired) electrons. The number of hydrogen-bond donors (Lipinski definition) is 1. The minimum Gasteiger partial charge on any atom is -0.313 e. The molecule has 2 rings (SSSR count). The molecule has 0 saturated carbocycles. The number of rotatable bonds is 4. The standard InChI is InChI=1S/C14H17N3/c1-11-6-8-16-10-13(11)14(15-2)9-12-5-3-4-7-17-12/h3-8,10,14-15H,9H2,1-2H3. The summed E-state index contributed by atoms with van der Waals surface area (Å²) in [4.78, 5) is 8.56. The van der Waals surface area contributed by atoms with Crippen molar-refractivity contribution in [2.75, 3.05) is 7.05 Å². The molecule has 2 heterocycles. The molecule has 0 aromatic carbocycles. The highest BCUT2D eigenvalue weighted by molar-refractivity contribution is 5.26. The Morgan fingerprint density at radius 1 is 1.24 bits per heavy atom. The highest BCUT2D eigenvalue weighted by Gasteiger charge is 2.12. The lowest BCUT2D eigenvalue weighted by atomic mass is 9.99. The maximum Gasteiger partial charge on any atom is 0.0422 e. The normalized spacial score (nSPS) is 12.4. The third kappa shape index (κ3) is 2.88. The molecule has 1 unspecified atom stereocenters. The molecular weight excluding hydrogens is 210 g/mol. The second kappa shape index (κ2) is 5.55. The average molecular weight is 227 g/mol. The van der Waals surface area contributed by atoms with Gasteiger partial charge in [-0.3, -0.25) is 9.97 Å². The zero-order chi connectivity index (χ0) is 12.1. The van der Waals surface area contributed by atoms with Gasteiger partial charge in [0, 0.05) is 36.7 Å². The lowest BCUT2D eigenvalue weighted by Gasteiger charge is -2.17. The van der Waals surface area contributed by atoms with Crippen molar-refractivity contribution in [3.05, 3.63) is 59.7 Å². The highest BCUT2D eigenvalue weighted by atomic mass is 14.9. The van der Waals surface area contributed by atoms with Crippen LogP contribution in [0.2, 0.25) is 0 Å². The first-order valence-electron chi connectivity index (χ1n) is 5.79. The van der Waals surface area contributed by atoms with E-state index in [1.165, 1.54) is 11.1 Å². The average Bonchev–Trinajstić information content (AvgIpc) is 2.38. The molecule has 0 spiro atoms. The van der Waals surface area contributed by atoms with Gasteiger partial charge in [-0.2, -0.15) is 0 Å². The van der Waals surface area contributed by atoms with Gasteiger partial charge < -0.3 is 5.32 Å². The molecule has 0 fully saturated rings.